The quantitative estimate of drug-likeness (QED) is 0.821. The SMILES string of the molecule is Cc1occc1C(=O)N1CCC[C@@]2(COCCN(c3cnccn3)C2)C1. The van der Waals surface area contributed by atoms with Crippen LogP contribution in [0.1, 0.15) is 29.0 Å². The summed E-state index contributed by atoms with van der Waals surface area (Å²) in [7, 11) is 0. The van der Waals surface area contributed by atoms with Crippen LogP contribution in [0.15, 0.2) is 35.3 Å². The third-order valence-electron chi connectivity index (χ3n) is 5.35. The smallest absolute Gasteiger partial charge is 0.257 e. The van der Waals surface area contributed by atoms with E-state index in [1.165, 1.54) is 0 Å². The molecule has 0 bridgehead atoms. The van der Waals surface area contributed by atoms with Gasteiger partial charge in [-0.05, 0) is 25.8 Å². The van der Waals surface area contributed by atoms with E-state index in [1.54, 1.807) is 30.9 Å². The summed E-state index contributed by atoms with van der Waals surface area (Å²) >= 11 is 0. The first-order valence-electron chi connectivity index (χ1n) is 9.09. The summed E-state index contributed by atoms with van der Waals surface area (Å²) in [6, 6.07) is 1.76. The first-order valence-corrected chi connectivity index (χ1v) is 9.09. The van der Waals surface area contributed by atoms with Crippen LogP contribution in [0.25, 0.3) is 0 Å². The molecular formula is C19H24N4O3. The molecule has 0 radical (unpaired) electrons. The van der Waals surface area contributed by atoms with Crippen molar-refractivity contribution in [3.8, 4) is 0 Å². The largest absolute Gasteiger partial charge is 0.469 e. The van der Waals surface area contributed by atoms with E-state index in [4.69, 9.17) is 9.15 Å². The fourth-order valence-corrected chi connectivity index (χ4v) is 4.05. The fourth-order valence-electron chi connectivity index (χ4n) is 4.05. The summed E-state index contributed by atoms with van der Waals surface area (Å²) in [5.41, 5.74) is 0.571. The van der Waals surface area contributed by atoms with Gasteiger partial charge >= 0.3 is 0 Å². The lowest BCUT2D eigenvalue weighted by Crippen LogP contribution is -2.52. The molecular weight excluding hydrogens is 332 g/mol. The molecule has 1 atom stereocenters. The summed E-state index contributed by atoms with van der Waals surface area (Å²) in [5, 5.41) is 0. The van der Waals surface area contributed by atoms with Gasteiger partial charge in [0, 0.05) is 44.0 Å². The molecule has 7 heteroatoms. The zero-order chi connectivity index (χ0) is 18.0. The van der Waals surface area contributed by atoms with Gasteiger partial charge in [-0.15, -0.1) is 0 Å². The molecule has 4 rings (SSSR count). The molecule has 138 valence electrons. The fraction of sp³-hybridized carbons (Fsp3) is 0.526. The molecule has 2 aromatic heterocycles. The first-order chi connectivity index (χ1) is 12.7. The Bertz CT molecular complexity index is 763. The van der Waals surface area contributed by atoms with Gasteiger partial charge in [0.2, 0.25) is 0 Å². The minimum atomic E-state index is -0.0838. The average Bonchev–Trinajstić information content (AvgIpc) is 3.00. The number of hydrogen-bond donors (Lipinski definition) is 0. The Hall–Kier alpha value is -2.41. The molecule has 0 unspecified atom stereocenters. The normalized spacial score (nSPS) is 23.9. The highest BCUT2D eigenvalue weighted by Crippen LogP contribution is 2.34. The number of piperidine rings is 1. The predicted octanol–water partition coefficient (Wildman–Crippen LogP) is 2.14. The lowest BCUT2D eigenvalue weighted by molar-refractivity contribution is 0.0134. The second-order valence-corrected chi connectivity index (χ2v) is 7.26. The molecule has 26 heavy (non-hydrogen) atoms. The summed E-state index contributed by atoms with van der Waals surface area (Å²) < 4.78 is 11.2. The zero-order valence-corrected chi connectivity index (χ0v) is 15.1. The van der Waals surface area contributed by atoms with Crippen LogP contribution in [-0.4, -0.2) is 60.2 Å². The molecule has 0 N–H and O–H groups in total. The Morgan fingerprint density at radius 2 is 2.19 bits per heavy atom. The summed E-state index contributed by atoms with van der Waals surface area (Å²) in [4.78, 5) is 25.8. The molecule has 7 nitrogen and oxygen atoms in total. The maximum Gasteiger partial charge on any atom is 0.257 e. The van der Waals surface area contributed by atoms with Gasteiger partial charge in [0.15, 0.2) is 0 Å². The topological polar surface area (TPSA) is 71.7 Å². The van der Waals surface area contributed by atoms with Crippen molar-refractivity contribution in [3.63, 3.8) is 0 Å². The van der Waals surface area contributed by atoms with Crippen molar-refractivity contribution >= 4 is 11.7 Å². The van der Waals surface area contributed by atoms with E-state index in [2.05, 4.69) is 14.9 Å². The van der Waals surface area contributed by atoms with Gasteiger partial charge in [-0.1, -0.05) is 0 Å². The lowest BCUT2D eigenvalue weighted by Gasteiger charge is -2.43. The van der Waals surface area contributed by atoms with Crippen molar-refractivity contribution in [1.29, 1.82) is 0 Å². The van der Waals surface area contributed by atoms with Crippen LogP contribution < -0.4 is 4.90 Å². The molecule has 2 aliphatic rings. The summed E-state index contributed by atoms with van der Waals surface area (Å²) in [6.45, 7) is 6.22. The van der Waals surface area contributed by atoms with Crippen LogP contribution in [0.5, 0.6) is 0 Å². The molecule has 2 aromatic rings. The number of carbonyl (C=O) groups is 1. The standard InChI is InChI=1S/C19H24N4O3/c1-15-16(3-9-26-15)18(24)23-7-2-4-19(13-23)12-22(8-10-25-14-19)17-11-20-5-6-21-17/h3,5-6,9,11H,2,4,7-8,10,12-14H2,1H3/t19-/m0/s1. The third kappa shape index (κ3) is 3.31. The van der Waals surface area contributed by atoms with Gasteiger partial charge in [0.05, 0.1) is 31.2 Å². The maximum atomic E-state index is 12.9. The Morgan fingerprint density at radius 3 is 2.96 bits per heavy atom. The highest BCUT2D eigenvalue weighted by Gasteiger charge is 2.41. The number of rotatable bonds is 2. The van der Waals surface area contributed by atoms with Gasteiger partial charge in [-0.2, -0.15) is 0 Å². The molecule has 1 amide bonds. The Morgan fingerprint density at radius 1 is 1.27 bits per heavy atom. The van der Waals surface area contributed by atoms with Gasteiger partial charge < -0.3 is 19.0 Å². The number of likely N-dealkylation sites (tertiary alicyclic amines) is 1. The van der Waals surface area contributed by atoms with Crippen LogP contribution in [-0.2, 0) is 4.74 Å². The lowest BCUT2D eigenvalue weighted by atomic mass is 9.80. The summed E-state index contributed by atoms with van der Waals surface area (Å²) in [5.74, 6) is 1.59. The average molecular weight is 356 g/mol. The molecule has 0 aromatic carbocycles. The number of anilines is 1. The van der Waals surface area contributed by atoms with Crippen LogP contribution in [0.4, 0.5) is 5.82 Å². The summed E-state index contributed by atoms with van der Waals surface area (Å²) in [6.07, 6.45) is 8.78. The number of nitrogens with zero attached hydrogens (tertiary/aromatic N) is 4. The predicted molar refractivity (Wildman–Crippen MR) is 96.1 cm³/mol. The van der Waals surface area contributed by atoms with Gasteiger partial charge in [0.1, 0.15) is 11.6 Å². The molecule has 4 heterocycles. The number of carbonyl (C=O) groups excluding carboxylic acids is 1. The third-order valence-corrected chi connectivity index (χ3v) is 5.35. The highest BCUT2D eigenvalue weighted by molar-refractivity contribution is 5.95. The second-order valence-electron chi connectivity index (χ2n) is 7.26. The number of amides is 1. The second kappa shape index (κ2) is 7.07. The molecule has 2 aliphatic heterocycles. The van der Waals surface area contributed by atoms with E-state index in [1.807, 2.05) is 11.8 Å². The Labute approximate surface area is 153 Å². The Kier molecular flexibility index (Phi) is 4.63. The maximum absolute atomic E-state index is 12.9. The van der Waals surface area contributed by atoms with E-state index in [0.717, 1.165) is 38.3 Å². The van der Waals surface area contributed by atoms with Crippen molar-refractivity contribution in [2.24, 2.45) is 5.41 Å². The minimum absolute atomic E-state index is 0.0469. The van der Waals surface area contributed by atoms with E-state index in [9.17, 15) is 4.79 Å². The van der Waals surface area contributed by atoms with Crippen LogP contribution in [0, 0.1) is 12.3 Å². The van der Waals surface area contributed by atoms with Gasteiger partial charge in [-0.25, -0.2) is 4.98 Å². The van der Waals surface area contributed by atoms with E-state index in [-0.39, 0.29) is 11.3 Å². The monoisotopic (exact) mass is 356 g/mol. The minimum Gasteiger partial charge on any atom is -0.469 e. The van der Waals surface area contributed by atoms with Crippen LogP contribution >= 0.6 is 0 Å². The van der Waals surface area contributed by atoms with Crippen LogP contribution in [0.3, 0.4) is 0 Å². The molecule has 2 fully saturated rings. The van der Waals surface area contributed by atoms with Gasteiger partial charge in [-0.3, -0.25) is 9.78 Å². The highest BCUT2D eigenvalue weighted by atomic mass is 16.5. The number of aromatic nitrogens is 2. The van der Waals surface area contributed by atoms with E-state index in [0.29, 0.717) is 31.1 Å². The molecule has 0 aliphatic carbocycles. The van der Waals surface area contributed by atoms with E-state index < -0.39 is 0 Å². The Balaban J connectivity index is 1.54. The molecule has 0 saturated carbocycles. The number of ether oxygens (including phenoxy) is 1. The van der Waals surface area contributed by atoms with Crippen molar-refractivity contribution in [1.82, 2.24) is 14.9 Å². The molecule has 1 spiro atoms. The number of furan rings is 1. The first kappa shape index (κ1) is 17.0. The van der Waals surface area contributed by atoms with Crippen molar-refractivity contribution in [3.05, 3.63) is 42.2 Å². The van der Waals surface area contributed by atoms with Crippen LogP contribution in [0.2, 0.25) is 0 Å². The number of aryl methyl sites for hydroxylation is 1. The molecule has 2 saturated heterocycles. The van der Waals surface area contributed by atoms with E-state index >= 15 is 0 Å². The zero-order valence-electron chi connectivity index (χ0n) is 15.1. The van der Waals surface area contributed by atoms with Crippen molar-refractivity contribution < 1.29 is 13.9 Å². The number of hydrogen-bond acceptors (Lipinski definition) is 6. The van der Waals surface area contributed by atoms with Gasteiger partial charge in [0.25, 0.3) is 5.91 Å². The van der Waals surface area contributed by atoms with Crippen molar-refractivity contribution in [2.75, 3.05) is 44.3 Å². The van der Waals surface area contributed by atoms with Crippen molar-refractivity contribution in [2.45, 2.75) is 19.8 Å².